The molecule has 2 heterocycles. The van der Waals surface area contributed by atoms with Gasteiger partial charge in [-0.3, -0.25) is 4.79 Å². The van der Waals surface area contributed by atoms with Crippen LogP contribution in [0.4, 0.5) is 5.82 Å². The van der Waals surface area contributed by atoms with E-state index < -0.39 is 5.91 Å². The highest BCUT2D eigenvalue weighted by molar-refractivity contribution is 14.1. The number of amides is 1. The number of nitrogens with zero attached hydrogens (tertiary/aromatic N) is 2. The number of halogens is 3. The summed E-state index contributed by atoms with van der Waals surface area (Å²) in [7, 11) is 1.93. The van der Waals surface area contributed by atoms with E-state index >= 15 is 0 Å². The molecule has 3 aromatic rings. The van der Waals surface area contributed by atoms with E-state index in [1.165, 1.54) is 0 Å². The summed E-state index contributed by atoms with van der Waals surface area (Å²) in [6.07, 6.45) is 2.64. The number of nitrogens with two attached hydrogens (primary N) is 1. The molecule has 5 nitrogen and oxygen atoms in total. The van der Waals surface area contributed by atoms with Crippen LogP contribution in [0.3, 0.4) is 0 Å². The Balaban J connectivity index is 1.81. The van der Waals surface area contributed by atoms with Crippen molar-refractivity contribution in [3.8, 4) is 11.1 Å². The third-order valence-corrected chi connectivity index (χ3v) is 7.34. The molecule has 1 amide bonds. The highest BCUT2D eigenvalue weighted by Crippen LogP contribution is 2.39. The van der Waals surface area contributed by atoms with Gasteiger partial charge in [0.05, 0.1) is 11.6 Å². The number of aromatic nitrogens is 1. The number of hydrogen-bond donors (Lipinski definition) is 1. The van der Waals surface area contributed by atoms with Crippen LogP contribution in [0.5, 0.6) is 0 Å². The van der Waals surface area contributed by atoms with Gasteiger partial charge in [-0.2, -0.15) is 0 Å². The molecule has 1 unspecified atom stereocenters. The number of carbonyl (C=O) groups excluding carboxylic acids is 1. The van der Waals surface area contributed by atoms with Crippen molar-refractivity contribution in [3.63, 3.8) is 0 Å². The highest BCUT2D eigenvalue weighted by Gasteiger charge is 2.26. The molecule has 2 aromatic carbocycles. The maximum absolute atomic E-state index is 11.7. The lowest BCUT2D eigenvalue weighted by atomic mass is 9.94. The van der Waals surface area contributed by atoms with Crippen molar-refractivity contribution in [2.75, 3.05) is 25.2 Å². The summed E-state index contributed by atoms with van der Waals surface area (Å²) in [5.74, 6) is 0.440. The van der Waals surface area contributed by atoms with Crippen molar-refractivity contribution < 1.29 is 9.53 Å². The third-order valence-electron chi connectivity index (χ3n) is 5.80. The Morgan fingerprint density at radius 1 is 1.24 bits per heavy atom. The lowest BCUT2D eigenvalue weighted by Gasteiger charge is -2.27. The molecule has 0 radical (unpaired) electrons. The van der Waals surface area contributed by atoms with Crippen LogP contribution in [0.2, 0.25) is 10.0 Å². The fraction of sp³-hybridized carbons (Fsp3) is 0.200. The maximum Gasteiger partial charge on any atom is 0.248 e. The molecule has 2 N–H and O–H groups in total. The Kier molecular flexibility index (Phi) is 7.28. The first-order valence-corrected chi connectivity index (χ1v) is 12.2. The lowest BCUT2D eigenvalue weighted by Crippen LogP contribution is -2.20. The number of carbonyl (C=O) groups is 1. The van der Waals surface area contributed by atoms with Gasteiger partial charge >= 0.3 is 0 Å². The predicted molar refractivity (Wildman–Crippen MR) is 143 cm³/mol. The SMILES string of the molecule is C=C(c1c(Cl)cccc1I)N(C)c1ncc(-c2cc(C(N)=O)ccc2Cl)cc1C1CCOC1. The Labute approximate surface area is 216 Å². The number of pyridine rings is 1. The average molecular weight is 594 g/mol. The molecule has 1 aliphatic rings. The van der Waals surface area contributed by atoms with Gasteiger partial charge in [-0.25, -0.2) is 4.98 Å². The molecule has 0 saturated carbocycles. The number of anilines is 1. The minimum Gasteiger partial charge on any atom is -0.381 e. The number of primary amides is 1. The van der Waals surface area contributed by atoms with Crippen LogP contribution in [0.15, 0.2) is 55.2 Å². The van der Waals surface area contributed by atoms with E-state index in [-0.39, 0.29) is 5.92 Å². The number of rotatable bonds is 6. The van der Waals surface area contributed by atoms with Gasteiger partial charge in [-0.1, -0.05) is 35.8 Å². The Hall–Kier alpha value is -2.13. The summed E-state index contributed by atoms with van der Waals surface area (Å²) in [6.45, 7) is 5.61. The van der Waals surface area contributed by atoms with E-state index in [9.17, 15) is 4.79 Å². The van der Waals surface area contributed by atoms with Crippen molar-refractivity contribution in [1.82, 2.24) is 4.98 Å². The Morgan fingerprint density at radius 2 is 2.03 bits per heavy atom. The summed E-state index contributed by atoms with van der Waals surface area (Å²) in [5, 5.41) is 1.16. The zero-order chi connectivity index (χ0) is 23.7. The minimum absolute atomic E-state index is 0.172. The summed E-state index contributed by atoms with van der Waals surface area (Å²) < 4.78 is 6.68. The van der Waals surface area contributed by atoms with E-state index in [0.717, 1.165) is 38.2 Å². The molecule has 33 heavy (non-hydrogen) atoms. The summed E-state index contributed by atoms with van der Waals surface area (Å²) >= 11 is 15.2. The quantitative estimate of drug-likeness (QED) is 0.337. The van der Waals surface area contributed by atoms with Crippen molar-refractivity contribution in [1.29, 1.82) is 0 Å². The zero-order valence-electron chi connectivity index (χ0n) is 17.9. The van der Waals surface area contributed by atoms with E-state index in [4.69, 9.17) is 38.7 Å². The topological polar surface area (TPSA) is 68.5 Å². The second kappa shape index (κ2) is 10.0. The molecule has 0 aliphatic carbocycles. The van der Waals surface area contributed by atoms with E-state index in [2.05, 4.69) is 35.2 Å². The fourth-order valence-corrected chi connectivity index (χ4v) is 5.43. The molecule has 1 saturated heterocycles. The monoisotopic (exact) mass is 593 g/mol. The van der Waals surface area contributed by atoms with Gasteiger partial charge in [-0.05, 0) is 65.4 Å². The predicted octanol–water partition coefficient (Wildman–Crippen LogP) is 6.37. The van der Waals surface area contributed by atoms with Crippen LogP contribution in [0, 0.1) is 3.57 Å². The van der Waals surface area contributed by atoms with Gasteiger partial charge in [0.1, 0.15) is 5.82 Å². The molecule has 0 bridgehead atoms. The Morgan fingerprint density at radius 3 is 2.70 bits per heavy atom. The first-order valence-electron chi connectivity index (χ1n) is 10.3. The summed E-state index contributed by atoms with van der Waals surface area (Å²) in [4.78, 5) is 18.5. The molecule has 1 fully saturated rings. The zero-order valence-corrected chi connectivity index (χ0v) is 21.6. The van der Waals surface area contributed by atoms with Gasteiger partial charge < -0.3 is 15.4 Å². The van der Waals surface area contributed by atoms with Crippen LogP contribution < -0.4 is 10.6 Å². The average Bonchev–Trinajstić information content (AvgIpc) is 3.33. The van der Waals surface area contributed by atoms with Crippen molar-refractivity contribution in [2.24, 2.45) is 5.73 Å². The summed E-state index contributed by atoms with van der Waals surface area (Å²) in [5.41, 5.74) is 10.0. The molecule has 1 aliphatic heterocycles. The molecular weight excluding hydrogens is 572 g/mol. The number of hydrogen-bond acceptors (Lipinski definition) is 4. The third kappa shape index (κ3) is 4.89. The first-order chi connectivity index (χ1) is 15.8. The molecule has 170 valence electrons. The van der Waals surface area contributed by atoms with Gasteiger partial charge in [0, 0.05) is 67.9 Å². The van der Waals surface area contributed by atoms with Crippen LogP contribution in [-0.4, -0.2) is 31.2 Å². The van der Waals surface area contributed by atoms with Crippen molar-refractivity contribution in [3.05, 3.63) is 85.5 Å². The molecule has 0 spiro atoms. The van der Waals surface area contributed by atoms with Crippen LogP contribution in [-0.2, 0) is 4.74 Å². The second-order valence-corrected chi connectivity index (χ2v) is 9.84. The lowest BCUT2D eigenvalue weighted by molar-refractivity contribution is 0.100. The highest BCUT2D eigenvalue weighted by atomic mass is 127. The van der Waals surface area contributed by atoms with Gasteiger partial charge in [0.15, 0.2) is 0 Å². The minimum atomic E-state index is -0.507. The molecular formula is C25H22Cl2IN3O2. The van der Waals surface area contributed by atoms with E-state index in [0.29, 0.717) is 34.4 Å². The van der Waals surface area contributed by atoms with E-state index in [1.807, 2.05) is 30.1 Å². The second-order valence-electron chi connectivity index (χ2n) is 7.86. The van der Waals surface area contributed by atoms with Crippen LogP contribution in [0.1, 0.15) is 33.8 Å². The maximum atomic E-state index is 11.7. The molecule has 4 rings (SSSR count). The van der Waals surface area contributed by atoms with Crippen molar-refractivity contribution >= 4 is 63.2 Å². The van der Waals surface area contributed by atoms with Crippen LogP contribution >= 0.6 is 45.8 Å². The van der Waals surface area contributed by atoms with E-state index in [1.54, 1.807) is 24.4 Å². The van der Waals surface area contributed by atoms with Gasteiger partial charge in [-0.15, -0.1) is 0 Å². The van der Waals surface area contributed by atoms with Gasteiger partial charge in [0.2, 0.25) is 5.91 Å². The molecule has 1 atom stereocenters. The normalized spacial score (nSPS) is 15.5. The Bertz CT molecular complexity index is 1220. The standard InChI is InChI=1S/C25H22Cl2IN3O2/c1-14(23-21(27)4-3-5-22(23)28)31(2)25-19(16-8-9-33-13-16)11-17(12-30-25)18-10-15(24(29)32)6-7-20(18)26/h3-7,10-12,16H,1,8-9,13H2,2H3,(H2,29,32). The first kappa shape index (κ1) is 24.0. The smallest absolute Gasteiger partial charge is 0.248 e. The number of ether oxygens (including phenoxy) is 1. The summed E-state index contributed by atoms with van der Waals surface area (Å²) in [6, 6.07) is 12.8. The fourth-order valence-electron chi connectivity index (χ4n) is 3.95. The van der Waals surface area contributed by atoms with Crippen molar-refractivity contribution in [2.45, 2.75) is 12.3 Å². The largest absolute Gasteiger partial charge is 0.381 e. The van der Waals surface area contributed by atoms with Gasteiger partial charge in [0.25, 0.3) is 0 Å². The van der Waals surface area contributed by atoms with Crippen LogP contribution in [0.25, 0.3) is 16.8 Å². The molecule has 8 heteroatoms. The molecule has 1 aromatic heterocycles. The number of benzene rings is 2.